The molecule has 0 aliphatic rings. The van der Waals surface area contributed by atoms with E-state index in [4.69, 9.17) is 33.2 Å². The van der Waals surface area contributed by atoms with Crippen LogP contribution in [0.1, 0.15) is 26.4 Å². The van der Waals surface area contributed by atoms with Crippen molar-refractivity contribution in [2.24, 2.45) is 0 Å². The van der Waals surface area contributed by atoms with Crippen LogP contribution in [-0.2, 0) is 16.1 Å². The number of carbonyl (C=O) groups excluding carboxylic acids is 2. The van der Waals surface area contributed by atoms with E-state index in [9.17, 15) is 14.7 Å². The van der Waals surface area contributed by atoms with Crippen molar-refractivity contribution in [1.29, 1.82) is 0 Å². The quantitative estimate of drug-likeness (QED) is 0.267. The van der Waals surface area contributed by atoms with E-state index < -0.39 is 23.3 Å². The minimum atomic E-state index is -0.981. The number of esters is 2. The number of pyridine rings is 1. The number of aromatic nitrogens is 1. The Labute approximate surface area is 236 Å². The van der Waals surface area contributed by atoms with Crippen molar-refractivity contribution in [2.45, 2.75) is 6.61 Å². The third kappa shape index (κ3) is 5.21. The molecule has 0 unspecified atom stereocenters. The van der Waals surface area contributed by atoms with Crippen LogP contribution in [0.25, 0.3) is 21.9 Å². The van der Waals surface area contributed by atoms with Crippen molar-refractivity contribution in [3.8, 4) is 45.6 Å². The molecule has 0 saturated heterocycles. The van der Waals surface area contributed by atoms with Crippen LogP contribution >= 0.6 is 0 Å². The number of aromatic hydroxyl groups is 1. The lowest BCUT2D eigenvalue weighted by molar-refractivity contribution is 0.0450. The maximum absolute atomic E-state index is 13.6. The summed E-state index contributed by atoms with van der Waals surface area (Å²) < 4.78 is 38.3. The van der Waals surface area contributed by atoms with Gasteiger partial charge in [-0.2, -0.15) is 0 Å². The molecule has 0 spiro atoms. The molecule has 11 heteroatoms. The number of methoxy groups -OCH3 is 6. The molecule has 1 heterocycles. The summed E-state index contributed by atoms with van der Waals surface area (Å²) in [7, 11) is 8.36. The van der Waals surface area contributed by atoms with Crippen LogP contribution in [0.3, 0.4) is 0 Å². The number of phenolic OH excluding ortho intramolecular Hbond substituents is 1. The van der Waals surface area contributed by atoms with Gasteiger partial charge in [-0.05, 0) is 35.9 Å². The zero-order valence-electron chi connectivity index (χ0n) is 23.4. The standard InChI is InChI=1S/C30H29NO10/c1-35-19-11-10-16(13-20(19)36-2)22-23-18(14-21(37-3)27(38-4)28(23)39-5)26(32)25(24(22)29(33)40-6)30(34)41-15-17-9-7-8-12-31-17/h7-14,32H,15H2,1-6H3. The smallest absolute Gasteiger partial charge is 0.343 e. The fourth-order valence-electron chi connectivity index (χ4n) is 4.57. The number of hydrogen-bond acceptors (Lipinski definition) is 11. The number of ether oxygens (including phenoxy) is 7. The van der Waals surface area contributed by atoms with Crippen molar-refractivity contribution in [3.63, 3.8) is 0 Å². The molecule has 1 N–H and O–H groups in total. The van der Waals surface area contributed by atoms with Crippen LogP contribution in [-0.4, -0.2) is 64.7 Å². The van der Waals surface area contributed by atoms with Gasteiger partial charge in [0, 0.05) is 22.5 Å². The Balaban J connectivity index is 2.16. The molecule has 0 radical (unpaired) electrons. The van der Waals surface area contributed by atoms with Gasteiger partial charge in [-0.15, -0.1) is 0 Å². The molecule has 0 fully saturated rings. The first-order valence-electron chi connectivity index (χ1n) is 12.2. The molecule has 0 aliphatic carbocycles. The van der Waals surface area contributed by atoms with Gasteiger partial charge in [-0.3, -0.25) is 4.98 Å². The average Bonchev–Trinajstić information content (AvgIpc) is 3.02. The van der Waals surface area contributed by atoms with Gasteiger partial charge in [0.2, 0.25) is 5.75 Å². The first-order valence-corrected chi connectivity index (χ1v) is 12.2. The van der Waals surface area contributed by atoms with E-state index in [2.05, 4.69) is 4.98 Å². The Morgan fingerprint density at radius 3 is 2.05 bits per heavy atom. The first kappa shape index (κ1) is 28.8. The molecular formula is C30H29NO10. The number of nitrogens with zero attached hydrogens (tertiary/aromatic N) is 1. The molecule has 3 aromatic carbocycles. The predicted molar refractivity (Wildman–Crippen MR) is 149 cm³/mol. The lowest BCUT2D eigenvalue weighted by Crippen LogP contribution is -2.16. The first-order chi connectivity index (χ1) is 19.8. The number of fused-ring (bicyclic) bond motifs is 1. The lowest BCUT2D eigenvalue weighted by atomic mass is 9.87. The Hall–Kier alpha value is -5.19. The summed E-state index contributed by atoms with van der Waals surface area (Å²) in [5, 5.41) is 12.0. The zero-order valence-corrected chi connectivity index (χ0v) is 23.4. The van der Waals surface area contributed by atoms with Gasteiger partial charge >= 0.3 is 11.9 Å². The van der Waals surface area contributed by atoms with Crippen LogP contribution in [0, 0.1) is 0 Å². The van der Waals surface area contributed by atoms with Gasteiger partial charge in [0.15, 0.2) is 23.0 Å². The number of benzene rings is 3. The van der Waals surface area contributed by atoms with E-state index in [-0.39, 0.29) is 45.8 Å². The summed E-state index contributed by atoms with van der Waals surface area (Å²) in [5.74, 6) is -1.11. The van der Waals surface area contributed by atoms with Gasteiger partial charge in [0.05, 0.1) is 53.9 Å². The molecule has 0 bridgehead atoms. The molecule has 0 saturated carbocycles. The van der Waals surface area contributed by atoms with E-state index in [0.29, 0.717) is 22.8 Å². The second-order valence-corrected chi connectivity index (χ2v) is 8.50. The maximum Gasteiger partial charge on any atom is 0.343 e. The third-order valence-corrected chi connectivity index (χ3v) is 6.42. The second kappa shape index (κ2) is 12.3. The lowest BCUT2D eigenvalue weighted by Gasteiger charge is -2.22. The van der Waals surface area contributed by atoms with Gasteiger partial charge in [0.25, 0.3) is 0 Å². The average molecular weight is 564 g/mol. The largest absolute Gasteiger partial charge is 0.506 e. The Kier molecular flexibility index (Phi) is 8.66. The summed E-state index contributed by atoms with van der Waals surface area (Å²) in [5.41, 5.74) is 0.389. The molecule has 214 valence electrons. The summed E-state index contributed by atoms with van der Waals surface area (Å²) in [6.45, 7) is -0.210. The van der Waals surface area contributed by atoms with Crippen molar-refractivity contribution in [3.05, 3.63) is 65.5 Å². The van der Waals surface area contributed by atoms with E-state index in [0.717, 1.165) is 7.11 Å². The minimum Gasteiger partial charge on any atom is -0.506 e. The molecule has 1 aromatic heterocycles. The zero-order chi connectivity index (χ0) is 29.7. The maximum atomic E-state index is 13.6. The van der Waals surface area contributed by atoms with Crippen molar-refractivity contribution in [2.75, 3.05) is 42.7 Å². The monoisotopic (exact) mass is 563 g/mol. The highest BCUT2D eigenvalue weighted by Gasteiger charge is 2.34. The summed E-state index contributed by atoms with van der Waals surface area (Å²) in [6, 6.07) is 11.5. The van der Waals surface area contributed by atoms with Gasteiger partial charge in [-0.1, -0.05) is 12.1 Å². The van der Waals surface area contributed by atoms with Crippen molar-refractivity contribution in [1.82, 2.24) is 4.98 Å². The van der Waals surface area contributed by atoms with Crippen LogP contribution < -0.4 is 23.7 Å². The Morgan fingerprint density at radius 1 is 0.756 bits per heavy atom. The summed E-state index contributed by atoms with van der Waals surface area (Å²) >= 11 is 0. The number of rotatable bonds is 10. The Morgan fingerprint density at radius 2 is 1.46 bits per heavy atom. The molecule has 0 aliphatic heterocycles. The van der Waals surface area contributed by atoms with Crippen LogP contribution in [0.4, 0.5) is 0 Å². The fraction of sp³-hybridized carbons (Fsp3) is 0.233. The molecule has 4 aromatic rings. The predicted octanol–water partition coefficient (Wildman–Crippen LogP) is 4.79. The summed E-state index contributed by atoms with van der Waals surface area (Å²) in [6.07, 6.45) is 1.55. The highest BCUT2D eigenvalue weighted by Crippen LogP contribution is 2.52. The minimum absolute atomic E-state index is 0.127. The molecule has 0 amide bonds. The van der Waals surface area contributed by atoms with Crippen molar-refractivity contribution < 1.29 is 47.9 Å². The van der Waals surface area contributed by atoms with Gasteiger partial charge in [0.1, 0.15) is 17.9 Å². The van der Waals surface area contributed by atoms with Crippen LogP contribution in [0.2, 0.25) is 0 Å². The van der Waals surface area contributed by atoms with E-state index in [1.807, 2.05) is 0 Å². The van der Waals surface area contributed by atoms with Gasteiger partial charge < -0.3 is 38.3 Å². The SMILES string of the molecule is COC(=O)c1c(C(=O)OCc2ccccn2)c(O)c2cc(OC)c(OC)c(OC)c2c1-c1ccc(OC)c(OC)c1. The number of hydrogen-bond donors (Lipinski definition) is 1. The highest BCUT2D eigenvalue weighted by molar-refractivity contribution is 6.20. The van der Waals surface area contributed by atoms with E-state index in [1.54, 1.807) is 42.6 Å². The third-order valence-electron chi connectivity index (χ3n) is 6.42. The molecular weight excluding hydrogens is 534 g/mol. The van der Waals surface area contributed by atoms with E-state index in [1.165, 1.54) is 41.6 Å². The van der Waals surface area contributed by atoms with Crippen molar-refractivity contribution >= 4 is 22.7 Å². The number of carbonyl (C=O) groups is 2. The molecule has 4 rings (SSSR count). The Bertz CT molecular complexity index is 1600. The fourth-order valence-corrected chi connectivity index (χ4v) is 4.57. The molecule has 11 nitrogen and oxygen atoms in total. The normalized spacial score (nSPS) is 10.6. The highest BCUT2D eigenvalue weighted by atomic mass is 16.5. The van der Waals surface area contributed by atoms with Crippen LogP contribution in [0.15, 0.2) is 48.7 Å². The molecule has 0 atom stereocenters. The van der Waals surface area contributed by atoms with Gasteiger partial charge in [-0.25, -0.2) is 9.59 Å². The second-order valence-electron chi connectivity index (χ2n) is 8.50. The van der Waals surface area contributed by atoms with E-state index >= 15 is 0 Å². The summed E-state index contributed by atoms with van der Waals surface area (Å²) in [4.78, 5) is 31.2. The molecule has 41 heavy (non-hydrogen) atoms. The number of phenols is 1. The van der Waals surface area contributed by atoms with Crippen LogP contribution in [0.5, 0.6) is 34.5 Å². The topological polar surface area (TPSA) is 132 Å².